The molecule has 1 heterocycles. The first-order valence-electron chi connectivity index (χ1n) is 4.06. The zero-order chi connectivity index (χ0) is 10.1. The molecule has 74 valence electrons. The van der Waals surface area contributed by atoms with Crippen LogP contribution in [-0.2, 0) is 5.33 Å². The first kappa shape index (κ1) is 11.0. The molecule has 0 saturated heterocycles. The Labute approximate surface area is 108 Å². The number of fused-ring (bicyclic) bond motifs is 1. The minimum Gasteiger partial charge on any atom is -0.143 e. The molecule has 1 aromatic carbocycles. The van der Waals surface area contributed by atoms with Crippen molar-refractivity contribution in [1.29, 1.82) is 0 Å². The van der Waals surface area contributed by atoms with Crippen molar-refractivity contribution in [2.24, 2.45) is 0 Å². The molecule has 4 heteroatoms. The van der Waals surface area contributed by atoms with Crippen LogP contribution < -0.4 is 0 Å². The first-order valence-corrected chi connectivity index (χ1v) is 8.08. The van der Waals surface area contributed by atoms with E-state index < -0.39 is 0 Å². The van der Waals surface area contributed by atoms with E-state index >= 15 is 0 Å². The van der Waals surface area contributed by atoms with Gasteiger partial charge in [-0.05, 0) is 50.6 Å². The van der Waals surface area contributed by atoms with Crippen molar-refractivity contribution in [2.75, 3.05) is 6.26 Å². The first-order chi connectivity index (χ1) is 6.77. The van der Waals surface area contributed by atoms with Crippen LogP contribution in [0.5, 0.6) is 0 Å². The van der Waals surface area contributed by atoms with Crippen LogP contribution in [0.1, 0.15) is 5.56 Å². The average molecular weight is 352 g/mol. The molecule has 0 spiro atoms. The van der Waals surface area contributed by atoms with E-state index in [2.05, 4.69) is 55.6 Å². The highest BCUT2D eigenvalue weighted by Gasteiger charge is 2.09. The van der Waals surface area contributed by atoms with Crippen molar-refractivity contribution in [3.05, 3.63) is 27.5 Å². The van der Waals surface area contributed by atoms with Gasteiger partial charge in [0, 0.05) is 19.4 Å². The van der Waals surface area contributed by atoms with Crippen LogP contribution >= 0.6 is 55.0 Å². The molecule has 0 atom stereocenters. The van der Waals surface area contributed by atoms with Gasteiger partial charge in [-0.1, -0.05) is 15.9 Å². The minimum atomic E-state index is 0.918. The smallest absolute Gasteiger partial charge is 0.0499 e. The zero-order valence-corrected chi connectivity index (χ0v) is 12.3. The standard InChI is InChI=1S/C10H8Br2S2/c1-13-8-4-6(5-11)7-2-3-14-10(7)9(8)12/h2-4H,5H2,1H3. The lowest BCUT2D eigenvalue weighted by molar-refractivity contribution is 1.38. The number of rotatable bonds is 2. The van der Waals surface area contributed by atoms with Crippen molar-refractivity contribution in [2.45, 2.75) is 10.2 Å². The molecule has 0 fully saturated rings. The molecule has 0 saturated carbocycles. The Bertz CT molecular complexity index is 462. The van der Waals surface area contributed by atoms with Crippen molar-refractivity contribution in [3.8, 4) is 0 Å². The third-order valence-corrected chi connectivity index (χ3v) is 5.74. The summed E-state index contributed by atoms with van der Waals surface area (Å²) >= 11 is 10.8. The van der Waals surface area contributed by atoms with E-state index in [0.29, 0.717) is 0 Å². The van der Waals surface area contributed by atoms with Gasteiger partial charge in [0.2, 0.25) is 0 Å². The predicted molar refractivity (Wildman–Crippen MR) is 73.9 cm³/mol. The largest absolute Gasteiger partial charge is 0.143 e. The molecule has 0 bridgehead atoms. The monoisotopic (exact) mass is 350 g/mol. The second-order valence-electron chi connectivity index (χ2n) is 2.85. The molecule has 0 radical (unpaired) electrons. The van der Waals surface area contributed by atoms with Gasteiger partial charge in [0.1, 0.15) is 0 Å². The van der Waals surface area contributed by atoms with E-state index in [1.165, 1.54) is 25.0 Å². The Balaban J connectivity index is 2.80. The van der Waals surface area contributed by atoms with Gasteiger partial charge in [-0.25, -0.2) is 0 Å². The Morgan fingerprint density at radius 2 is 2.29 bits per heavy atom. The maximum absolute atomic E-state index is 3.66. The highest BCUT2D eigenvalue weighted by Crippen LogP contribution is 2.38. The lowest BCUT2D eigenvalue weighted by atomic mass is 10.1. The molecule has 0 unspecified atom stereocenters. The third-order valence-electron chi connectivity index (χ3n) is 2.10. The molecule has 2 rings (SSSR count). The molecule has 0 amide bonds. The number of alkyl halides is 1. The van der Waals surface area contributed by atoms with E-state index in [-0.39, 0.29) is 0 Å². The van der Waals surface area contributed by atoms with Crippen molar-refractivity contribution >= 4 is 65.0 Å². The summed E-state index contributed by atoms with van der Waals surface area (Å²) in [5, 5.41) is 4.42. The summed E-state index contributed by atoms with van der Waals surface area (Å²) in [6, 6.07) is 4.43. The summed E-state index contributed by atoms with van der Waals surface area (Å²) in [4.78, 5) is 1.31. The predicted octanol–water partition coefficient (Wildman–Crippen LogP) is 5.28. The topological polar surface area (TPSA) is 0 Å². The van der Waals surface area contributed by atoms with Crippen molar-refractivity contribution in [3.63, 3.8) is 0 Å². The van der Waals surface area contributed by atoms with Crippen molar-refractivity contribution in [1.82, 2.24) is 0 Å². The molecular formula is C10H8Br2S2. The molecule has 0 aliphatic heterocycles. The molecule has 0 aliphatic rings. The maximum Gasteiger partial charge on any atom is 0.0499 e. The summed E-state index contributed by atoms with van der Waals surface area (Å²) in [6.45, 7) is 0. The molecule has 1 aromatic heterocycles. The van der Waals surface area contributed by atoms with E-state index in [1.807, 2.05) is 0 Å². The summed E-state index contributed by atoms with van der Waals surface area (Å²) in [5.41, 5.74) is 1.37. The van der Waals surface area contributed by atoms with Crippen molar-refractivity contribution < 1.29 is 0 Å². The number of hydrogen-bond acceptors (Lipinski definition) is 2. The second-order valence-corrected chi connectivity index (χ2v) is 5.97. The third kappa shape index (κ3) is 1.77. The summed E-state index contributed by atoms with van der Waals surface area (Å²) in [6.07, 6.45) is 2.11. The van der Waals surface area contributed by atoms with Crippen LogP contribution in [0.2, 0.25) is 0 Å². The van der Waals surface area contributed by atoms with E-state index in [0.717, 1.165) is 5.33 Å². The van der Waals surface area contributed by atoms with Gasteiger partial charge in [0.25, 0.3) is 0 Å². The van der Waals surface area contributed by atoms with Crippen LogP contribution in [0, 0.1) is 0 Å². The fourth-order valence-electron chi connectivity index (χ4n) is 1.40. The maximum atomic E-state index is 3.66. The molecule has 0 aliphatic carbocycles. The molecule has 0 N–H and O–H groups in total. The molecular weight excluding hydrogens is 344 g/mol. The normalized spacial score (nSPS) is 11.1. The van der Waals surface area contributed by atoms with Crippen LogP contribution in [-0.4, -0.2) is 6.26 Å². The number of halogens is 2. The highest BCUT2D eigenvalue weighted by molar-refractivity contribution is 9.10. The van der Waals surface area contributed by atoms with Gasteiger partial charge in [-0.15, -0.1) is 23.1 Å². The van der Waals surface area contributed by atoms with Gasteiger partial charge < -0.3 is 0 Å². The Hall–Kier alpha value is 0.490. The Morgan fingerprint density at radius 3 is 2.93 bits per heavy atom. The van der Waals surface area contributed by atoms with Gasteiger partial charge in [-0.3, -0.25) is 0 Å². The Morgan fingerprint density at radius 1 is 1.50 bits per heavy atom. The SMILES string of the molecule is CSc1cc(CBr)c2ccsc2c1Br. The van der Waals surface area contributed by atoms with Gasteiger partial charge in [0.15, 0.2) is 0 Å². The molecule has 0 nitrogen and oxygen atoms in total. The van der Waals surface area contributed by atoms with Crippen LogP contribution in [0.4, 0.5) is 0 Å². The lowest BCUT2D eigenvalue weighted by Crippen LogP contribution is -1.82. The minimum absolute atomic E-state index is 0.918. The van der Waals surface area contributed by atoms with E-state index in [1.54, 1.807) is 23.1 Å². The van der Waals surface area contributed by atoms with Gasteiger partial charge >= 0.3 is 0 Å². The van der Waals surface area contributed by atoms with E-state index in [9.17, 15) is 0 Å². The number of hydrogen-bond donors (Lipinski definition) is 0. The highest BCUT2D eigenvalue weighted by atomic mass is 79.9. The van der Waals surface area contributed by atoms with Crippen LogP contribution in [0.15, 0.2) is 26.9 Å². The van der Waals surface area contributed by atoms with Gasteiger partial charge in [-0.2, -0.15) is 0 Å². The summed E-state index contributed by atoms with van der Waals surface area (Å²) < 4.78 is 2.59. The number of thiophene rings is 1. The average Bonchev–Trinajstić information content (AvgIpc) is 2.68. The molecule has 2 aromatic rings. The van der Waals surface area contributed by atoms with Gasteiger partial charge in [0.05, 0.1) is 0 Å². The lowest BCUT2D eigenvalue weighted by Gasteiger charge is -2.06. The zero-order valence-electron chi connectivity index (χ0n) is 7.51. The second kappa shape index (κ2) is 4.56. The van der Waals surface area contributed by atoms with Crippen LogP contribution in [0.3, 0.4) is 0 Å². The molecule has 14 heavy (non-hydrogen) atoms. The van der Waals surface area contributed by atoms with Crippen LogP contribution in [0.25, 0.3) is 10.1 Å². The fourth-order valence-corrected chi connectivity index (χ4v) is 4.45. The van der Waals surface area contributed by atoms with E-state index in [4.69, 9.17) is 0 Å². The fraction of sp³-hybridized carbons (Fsp3) is 0.200. The Kier molecular flexibility index (Phi) is 3.58. The number of benzene rings is 1. The quantitative estimate of drug-likeness (QED) is 0.523. The summed E-state index contributed by atoms with van der Waals surface area (Å²) in [7, 11) is 0. The number of thioether (sulfide) groups is 1. The summed E-state index contributed by atoms with van der Waals surface area (Å²) in [5.74, 6) is 0.